The van der Waals surface area contributed by atoms with Gasteiger partial charge in [0.2, 0.25) is 0 Å². The van der Waals surface area contributed by atoms with Crippen molar-refractivity contribution < 1.29 is 18.9 Å². The molecule has 4 nitrogen and oxygen atoms in total. The molecule has 0 N–H and O–H groups in total. The van der Waals surface area contributed by atoms with Gasteiger partial charge in [0.05, 0.1) is 58.3 Å². The quantitative estimate of drug-likeness (QED) is 0.257. The predicted molar refractivity (Wildman–Crippen MR) is 144 cm³/mol. The third kappa shape index (κ3) is 3.67. The number of ether oxygens (including phenoxy) is 4. The average molecular weight is 491 g/mol. The van der Waals surface area contributed by atoms with Crippen molar-refractivity contribution >= 4 is 0 Å². The highest BCUT2D eigenvalue weighted by Gasteiger charge is 2.51. The van der Waals surface area contributed by atoms with E-state index >= 15 is 0 Å². The Morgan fingerprint density at radius 2 is 0.811 bits per heavy atom. The third-order valence-electron chi connectivity index (χ3n) is 7.87. The van der Waals surface area contributed by atoms with Crippen LogP contribution in [0.2, 0.25) is 0 Å². The highest BCUT2D eigenvalue weighted by Crippen LogP contribution is 2.62. The molecular formula is C33H30O4. The van der Waals surface area contributed by atoms with Crippen LogP contribution in [0.4, 0.5) is 0 Å². The minimum Gasteiger partial charge on any atom is -0.377 e. The molecule has 0 saturated carbocycles. The predicted octanol–water partition coefficient (Wildman–Crippen LogP) is 6.11. The second kappa shape index (κ2) is 9.55. The first-order chi connectivity index (χ1) is 18.4. The minimum absolute atomic E-state index is 0.362. The standard InChI is InChI=1S/C33H30O4/c1-3-7-29-25(5-1)27-11-9-23-19-31(27)33(29)30-8-4-2-6-26(30)28-12-10-24(20-32(28)33)22-37-18-16-35-14-13-34-15-17-36-21-23/h1-12,19-20H,13-18,21-22H2. The molecule has 4 aromatic carbocycles. The molecule has 1 heterocycles. The lowest BCUT2D eigenvalue weighted by Crippen LogP contribution is -2.26. The van der Waals surface area contributed by atoms with Gasteiger partial charge >= 0.3 is 0 Å². The van der Waals surface area contributed by atoms with Crippen LogP contribution in [0.1, 0.15) is 33.4 Å². The van der Waals surface area contributed by atoms with Crippen molar-refractivity contribution in [3.63, 3.8) is 0 Å². The van der Waals surface area contributed by atoms with E-state index < -0.39 is 0 Å². The summed E-state index contributed by atoms with van der Waals surface area (Å²) in [5.74, 6) is 0. The Morgan fingerprint density at radius 1 is 0.405 bits per heavy atom. The van der Waals surface area contributed by atoms with Gasteiger partial charge in [-0.1, -0.05) is 84.9 Å². The molecule has 0 atom stereocenters. The van der Waals surface area contributed by atoms with Crippen molar-refractivity contribution in [1.82, 2.24) is 0 Å². The number of rotatable bonds is 0. The van der Waals surface area contributed by atoms with E-state index in [1.165, 1.54) is 55.6 Å². The summed E-state index contributed by atoms with van der Waals surface area (Å²) >= 11 is 0. The molecular weight excluding hydrogens is 460 g/mol. The van der Waals surface area contributed by atoms with Crippen molar-refractivity contribution in [1.29, 1.82) is 0 Å². The molecule has 0 amide bonds. The zero-order valence-electron chi connectivity index (χ0n) is 20.9. The zero-order chi connectivity index (χ0) is 24.7. The van der Waals surface area contributed by atoms with Gasteiger partial charge in [-0.2, -0.15) is 0 Å². The molecule has 0 aromatic heterocycles. The van der Waals surface area contributed by atoms with Gasteiger partial charge in [0.15, 0.2) is 0 Å². The maximum Gasteiger partial charge on any atom is 0.0725 e. The first-order valence-corrected chi connectivity index (χ1v) is 13.1. The summed E-state index contributed by atoms with van der Waals surface area (Å²) < 4.78 is 23.4. The van der Waals surface area contributed by atoms with E-state index in [-0.39, 0.29) is 5.41 Å². The fourth-order valence-electron chi connectivity index (χ4n) is 6.35. The van der Waals surface area contributed by atoms with Crippen LogP contribution >= 0.6 is 0 Å². The van der Waals surface area contributed by atoms with E-state index in [0.29, 0.717) is 52.9 Å². The summed E-state index contributed by atoms with van der Waals surface area (Å²) in [7, 11) is 0. The summed E-state index contributed by atoms with van der Waals surface area (Å²) in [5, 5.41) is 0. The number of hydrogen-bond acceptors (Lipinski definition) is 4. The van der Waals surface area contributed by atoms with Crippen molar-refractivity contribution in [2.75, 3.05) is 39.6 Å². The molecule has 4 bridgehead atoms. The monoisotopic (exact) mass is 490 g/mol. The maximum atomic E-state index is 6.02. The van der Waals surface area contributed by atoms with Gasteiger partial charge in [-0.15, -0.1) is 0 Å². The van der Waals surface area contributed by atoms with Gasteiger partial charge in [0, 0.05) is 0 Å². The van der Waals surface area contributed by atoms with Gasteiger partial charge in [0.25, 0.3) is 0 Å². The summed E-state index contributed by atoms with van der Waals surface area (Å²) in [6.07, 6.45) is 0. The molecule has 1 spiro atoms. The van der Waals surface area contributed by atoms with Crippen LogP contribution in [0.3, 0.4) is 0 Å². The SMILES string of the molecule is c1ccc2c(c1)-c1ccc3cc1C21c2ccccc2-c2ccc(cc21)COCCOCCOCCOC3. The van der Waals surface area contributed by atoms with Crippen LogP contribution < -0.4 is 0 Å². The maximum absolute atomic E-state index is 6.02. The summed E-state index contributed by atoms with van der Waals surface area (Å²) in [5.41, 5.74) is 12.6. The van der Waals surface area contributed by atoms with Crippen LogP contribution in [-0.4, -0.2) is 39.6 Å². The van der Waals surface area contributed by atoms with E-state index in [9.17, 15) is 0 Å². The Kier molecular flexibility index (Phi) is 5.90. The lowest BCUT2D eigenvalue weighted by Gasteiger charge is -2.31. The van der Waals surface area contributed by atoms with Crippen molar-refractivity contribution in [2.24, 2.45) is 0 Å². The van der Waals surface area contributed by atoms with Gasteiger partial charge in [-0.3, -0.25) is 0 Å². The summed E-state index contributed by atoms with van der Waals surface area (Å²) in [6.45, 7) is 4.47. The largest absolute Gasteiger partial charge is 0.377 e. The van der Waals surface area contributed by atoms with Crippen LogP contribution in [0.15, 0.2) is 84.9 Å². The topological polar surface area (TPSA) is 36.9 Å². The van der Waals surface area contributed by atoms with E-state index in [4.69, 9.17) is 18.9 Å². The lowest BCUT2D eigenvalue weighted by atomic mass is 9.70. The van der Waals surface area contributed by atoms with E-state index in [2.05, 4.69) is 84.9 Å². The number of hydrogen-bond donors (Lipinski definition) is 0. The van der Waals surface area contributed by atoms with Crippen LogP contribution in [-0.2, 0) is 37.6 Å². The molecule has 4 aromatic rings. The highest BCUT2D eigenvalue weighted by molar-refractivity contribution is 5.95. The van der Waals surface area contributed by atoms with E-state index in [1.807, 2.05) is 0 Å². The first-order valence-electron chi connectivity index (χ1n) is 13.1. The molecule has 2 aliphatic carbocycles. The molecule has 4 heteroatoms. The van der Waals surface area contributed by atoms with Crippen LogP contribution in [0.5, 0.6) is 0 Å². The number of benzene rings is 4. The van der Waals surface area contributed by atoms with Gasteiger partial charge in [-0.05, 0) is 55.6 Å². The summed E-state index contributed by atoms with van der Waals surface area (Å²) in [4.78, 5) is 0. The van der Waals surface area contributed by atoms with Crippen LogP contribution in [0, 0.1) is 0 Å². The average Bonchev–Trinajstić information content (AvgIpc) is 3.40. The zero-order valence-corrected chi connectivity index (χ0v) is 20.9. The Bertz CT molecular complexity index is 1350. The second-order valence-corrected chi connectivity index (χ2v) is 9.93. The van der Waals surface area contributed by atoms with Gasteiger partial charge < -0.3 is 18.9 Å². The molecule has 0 unspecified atom stereocenters. The Balaban J connectivity index is 1.43. The smallest absolute Gasteiger partial charge is 0.0725 e. The van der Waals surface area contributed by atoms with Gasteiger partial charge in [0.1, 0.15) is 0 Å². The number of fused-ring (bicyclic) bond motifs is 6. The fraction of sp³-hybridized carbons (Fsp3) is 0.273. The van der Waals surface area contributed by atoms with Crippen molar-refractivity contribution in [2.45, 2.75) is 18.6 Å². The molecule has 186 valence electrons. The molecule has 7 rings (SSSR count). The fourth-order valence-corrected chi connectivity index (χ4v) is 6.35. The first kappa shape index (κ1) is 22.9. The highest BCUT2D eigenvalue weighted by atomic mass is 16.6. The minimum atomic E-state index is -0.362. The van der Waals surface area contributed by atoms with Crippen LogP contribution in [0.25, 0.3) is 22.3 Å². The van der Waals surface area contributed by atoms with E-state index in [0.717, 1.165) is 0 Å². The van der Waals surface area contributed by atoms with E-state index in [1.54, 1.807) is 0 Å². The molecule has 1 aliphatic heterocycles. The lowest BCUT2D eigenvalue weighted by molar-refractivity contribution is -0.00618. The normalized spacial score (nSPS) is 18.3. The Labute approximate surface area is 217 Å². The molecule has 37 heavy (non-hydrogen) atoms. The molecule has 3 aliphatic rings. The third-order valence-corrected chi connectivity index (χ3v) is 7.87. The Morgan fingerprint density at radius 3 is 1.30 bits per heavy atom. The van der Waals surface area contributed by atoms with Gasteiger partial charge in [-0.25, -0.2) is 0 Å². The van der Waals surface area contributed by atoms with Crippen molar-refractivity contribution in [3.05, 3.63) is 118 Å². The molecule has 0 fully saturated rings. The second-order valence-electron chi connectivity index (χ2n) is 9.93. The van der Waals surface area contributed by atoms with Crippen molar-refractivity contribution in [3.8, 4) is 22.3 Å². The molecule has 0 radical (unpaired) electrons. The Hall–Kier alpha value is -3.28. The summed E-state index contributed by atoms with van der Waals surface area (Å²) in [6, 6.07) is 31.5. The molecule has 0 saturated heterocycles.